The van der Waals surface area contributed by atoms with E-state index >= 15 is 14.4 Å². The third-order valence-electron chi connectivity index (χ3n) is 13.9. The van der Waals surface area contributed by atoms with Crippen LogP contribution in [-0.4, -0.2) is 83.7 Å². The molecule has 0 radical (unpaired) electrons. The van der Waals surface area contributed by atoms with Crippen LogP contribution < -0.4 is 19.1 Å². The van der Waals surface area contributed by atoms with Crippen LogP contribution >= 0.6 is 0 Å². The SMILES string of the molecule is COc1cc2c(cc1OC)CN(C(=O)C1C3C(=O)OC(c4ccccc4)C(c4ccccc4)N3C(c3ccc(OCCO)cc3)C13C(=O)N(C(=O)OCc1ccc([N+](=O)[O-])cc1)c1ccccc13)CC2. The van der Waals surface area contributed by atoms with Gasteiger partial charge in [0.15, 0.2) is 11.5 Å². The Hall–Kier alpha value is -8.08. The van der Waals surface area contributed by atoms with Crippen LogP contribution in [0.25, 0.3) is 0 Å². The largest absolute Gasteiger partial charge is 0.493 e. The zero-order valence-electron chi connectivity index (χ0n) is 38.2. The number of cyclic esters (lactones) is 1. The Labute approximate surface area is 402 Å². The van der Waals surface area contributed by atoms with E-state index < -0.39 is 64.4 Å². The van der Waals surface area contributed by atoms with Gasteiger partial charge in [-0.25, -0.2) is 9.69 Å². The number of hydrogen-bond acceptors (Lipinski definition) is 13. The number of morpholine rings is 1. The Morgan fingerprint density at radius 1 is 0.786 bits per heavy atom. The van der Waals surface area contributed by atoms with Gasteiger partial charge >= 0.3 is 12.1 Å². The molecule has 16 heteroatoms. The van der Waals surface area contributed by atoms with Gasteiger partial charge in [-0.15, -0.1) is 0 Å². The van der Waals surface area contributed by atoms with Gasteiger partial charge in [0.25, 0.3) is 5.69 Å². The zero-order chi connectivity index (χ0) is 48.7. The van der Waals surface area contributed by atoms with Crippen LogP contribution in [0, 0.1) is 16.0 Å². The van der Waals surface area contributed by atoms with E-state index in [9.17, 15) is 20.0 Å². The number of aliphatic hydroxyl groups excluding tert-OH is 1. The van der Waals surface area contributed by atoms with Crippen molar-refractivity contribution >= 4 is 35.3 Å². The second-order valence-electron chi connectivity index (χ2n) is 17.5. The molecule has 4 aliphatic heterocycles. The summed E-state index contributed by atoms with van der Waals surface area (Å²) < 4.78 is 29.5. The standard InChI is InChI=1S/C54H48N4O12/c1-66-43-29-37-25-26-55(31-38(37)30-44(43)67-2)50(60)45-47-51(61)70-48(35-13-7-4-8-14-35)46(34-11-5-3-6-12-34)57(47)49(36-19-23-40(24-20-36)68-28-27-59)54(45)41-15-9-10-16-42(41)56(52(54)62)53(63)69-32-33-17-21-39(22-18-33)58(64)65/h3-24,29-30,45-49,59H,25-28,31-32H2,1-2H3. The quantitative estimate of drug-likeness (QED) is 0.0720. The van der Waals surface area contributed by atoms with E-state index in [1.54, 1.807) is 60.5 Å². The van der Waals surface area contributed by atoms with Crippen LogP contribution in [0.2, 0.25) is 0 Å². The number of aliphatic hydroxyl groups is 1. The molecule has 0 bridgehead atoms. The summed E-state index contributed by atoms with van der Waals surface area (Å²) in [6, 6.07) is 38.5. The van der Waals surface area contributed by atoms with Crippen molar-refractivity contribution in [2.24, 2.45) is 5.92 Å². The number of benzene rings is 6. The van der Waals surface area contributed by atoms with E-state index in [1.165, 1.54) is 31.4 Å². The lowest BCUT2D eigenvalue weighted by Crippen LogP contribution is -2.57. The lowest BCUT2D eigenvalue weighted by Gasteiger charge is -2.46. The lowest BCUT2D eigenvalue weighted by molar-refractivity contribution is -0.384. The number of nitro groups is 1. The zero-order valence-corrected chi connectivity index (χ0v) is 38.2. The van der Waals surface area contributed by atoms with E-state index in [2.05, 4.69) is 0 Å². The minimum atomic E-state index is -2.01. The van der Waals surface area contributed by atoms with Gasteiger partial charge in [-0.1, -0.05) is 91.0 Å². The molecule has 6 aromatic carbocycles. The number of nitro benzene ring substituents is 1. The number of carbonyl (C=O) groups is 4. The van der Waals surface area contributed by atoms with Crippen molar-refractivity contribution in [1.29, 1.82) is 0 Å². The molecule has 6 atom stereocenters. The topological polar surface area (TPSA) is 188 Å². The van der Waals surface area contributed by atoms with Gasteiger partial charge in [0.2, 0.25) is 11.8 Å². The predicted molar refractivity (Wildman–Crippen MR) is 253 cm³/mol. The molecule has 6 aromatic rings. The van der Waals surface area contributed by atoms with Crippen molar-refractivity contribution in [3.8, 4) is 17.2 Å². The maximum Gasteiger partial charge on any atom is 0.421 e. The van der Waals surface area contributed by atoms with E-state index in [0.717, 1.165) is 21.6 Å². The van der Waals surface area contributed by atoms with Crippen LogP contribution in [0.1, 0.15) is 57.1 Å². The van der Waals surface area contributed by atoms with Crippen LogP contribution in [0.4, 0.5) is 16.2 Å². The molecule has 0 saturated carbocycles. The molecule has 0 aliphatic carbocycles. The Bertz CT molecular complexity index is 2970. The number of anilines is 1. The molecule has 1 spiro atoms. The van der Waals surface area contributed by atoms with Gasteiger partial charge in [0, 0.05) is 25.2 Å². The number of imide groups is 1. The number of carbonyl (C=O) groups excluding carboxylic acids is 4. The van der Waals surface area contributed by atoms with Crippen LogP contribution in [0.15, 0.2) is 146 Å². The second-order valence-corrected chi connectivity index (χ2v) is 17.5. The third kappa shape index (κ3) is 7.65. The Balaban J connectivity index is 1.19. The highest BCUT2D eigenvalue weighted by Gasteiger charge is 2.76. The number of hydrogen-bond donors (Lipinski definition) is 1. The molecule has 6 unspecified atom stereocenters. The molecular weight excluding hydrogens is 897 g/mol. The fourth-order valence-corrected chi connectivity index (χ4v) is 10.9. The highest BCUT2D eigenvalue weighted by Crippen LogP contribution is 2.66. The summed E-state index contributed by atoms with van der Waals surface area (Å²) in [6.45, 7) is -0.206. The molecule has 10 rings (SSSR count). The van der Waals surface area contributed by atoms with Crippen LogP contribution in [-0.2, 0) is 48.8 Å². The summed E-state index contributed by atoms with van der Waals surface area (Å²) in [5, 5.41) is 21.0. The molecule has 4 aliphatic rings. The molecule has 1 N–H and O–H groups in total. The molecule has 3 amide bonds. The Kier molecular flexibility index (Phi) is 12.3. The molecule has 70 heavy (non-hydrogen) atoms. The number of ether oxygens (including phenoxy) is 5. The highest BCUT2D eigenvalue weighted by atomic mass is 16.6. The van der Waals surface area contributed by atoms with Gasteiger partial charge in [-0.3, -0.25) is 29.4 Å². The molecule has 4 heterocycles. The number of para-hydroxylation sites is 1. The molecular formula is C54H48N4O12. The van der Waals surface area contributed by atoms with Crippen LogP contribution in [0.5, 0.6) is 17.2 Å². The first-order chi connectivity index (χ1) is 34.1. The van der Waals surface area contributed by atoms with Crippen molar-refractivity contribution in [2.45, 2.75) is 49.2 Å². The first-order valence-electron chi connectivity index (χ1n) is 22.9. The van der Waals surface area contributed by atoms with Gasteiger partial charge in [0.1, 0.15) is 36.5 Å². The van der Waals surface area contributed by atoms with Gasteiger partial charge in [-0.2, -0.15) is 0 Å². The maximum atomic E-state index is 16.5. The first kappa shape index (κ1) is 45.7. The molecule has 356 valence electrons. The summed E-state index contributed by atoms with van der Waals surface area (Å²) >= 11 is 0. The highest BCUT2D eigenvalue weighted by molar-refractivity contribution is 6.23. The molecule has 16 nitrogen and oxygen atoms in total. The van der Waals surface area contributed by atoms with Crippen molar-refractivity contribution in [2.75, 3.05) is 38.9 Å². The summed E-state index contributed by atoms with van der Waals surface area (Å²) in [6.07, 6.45) is -1.55. The third-order valence-corrected chi connectivity index (χ3v) is 13.9. The fourth-order valence-electron chi connectivity index (χ4n) is 10.9. The lowest BCUT2D eigenvalue weighted by atomic mass is 9.65. The summed E-state index contributed by atoms with van der Waals surface area (Å²) in [5.41, 5.74) is 2.47. The Morgan fingerprint density at radius 3 is 2.09 bits per heavy atom. The Morgan fingerprint density at radius 2 is 1.43 bits per heavy atom. The summed E-state index contributed by atoms with van der Waals surface area (Å²) in [5.74, 6) is -2.07. The monoisotopic (exact) mass is 944 g/mol. The number of non-ortho nitro benzene ring substituents is 1. The van der Waals surface area contributed by atoms with E-state index in [4.69, 9.17) is 23.7 Å². The number of amides is 3. The minimum absolute atomic E-state index is 0.0264. The number of nitrogens with zero attached hydrogens (tertiary/aromatic N) is 4. The fraction of sp³-hybridized carbons (Fsp3) is 0.259. The predicted octanol–water partition coefficient (Wildman–Crippen LogP) is 7.57. The number of esters is 1. The minimum Gasteiger partial charge on any atom is -0.493 e. The van der Waals surface area contributed by atoms with Crippen molar-refractivity contribution in [1.82, 2.24) is 9.80 Å². The van der Waals surface area contributed by atoms with Gasteiger partial charge < -0.3 is 33.7 Å². The normalized spacial score (nSPS) is 22.4. The average molecular weight is 945 g/mol. The van der Waals surface area contributed by atoms with E-state index in [1.807, 2.05) is 77.7 Å². The van der Waals surface area contributed by atoms with Gasteiger partial charge in [-0.05, 0) is 87.8 Å². The van der Waals surface area contributed by atoms with Crippen molar-refractivity contribution in [3.63, 3.8) is 0 Å². The number of rotatable bonds is 12. The molecule has 2 saturated heterocycles. The summed E-state index contributed by atoms with van der Waals surface area (Å²) in [4.78, 5) is 78.4. The van der Waals surface area contributed by atoms with E-state index in [-0.39, 0.29) is 44.3 Å². The summed E-state index contributed by atoms with van der Waals surface area (Å²) in [7, 11) is 3.09. The average Bonchev–Trinajstić information content (AvgIpc) is 3.86. The van der Waals surface area contributed by atoms with Crippen LogP contribution in [0.3, 0.4) is 0 Å². The van der Waals surface area contributed by atoms with Crippen molar-refractivity contribution in [3.05, 3.63) is 195 Å². The molecule has 2 fully saturated rings. The van der Waals surface area contributed by atoms with Gasteiger partial charge in [0.05, 0.1) is 49.4 Å². The molecule has 0 aromatic heterocycles. The van der Waals surface area contributed by atoms with Crippen molar-refractivity contribution < 1.29 is 52.9 Å². The number of fused-ring (bicyclic) bond motifs is 4. The number of methoxy groups -OCH3 is 2. The first-order valence-corrected chi connectivity index (χ1v) is 22.9. The maximum absolute atomic E-state index is 16.5. The second kappa shape index (κ2) is 18.8. The smallest absolute Gasteiger partial charge is 0.421 e. The van der Waals surface area contributed by atoms with E-state index in [0.29, 0.717) is 45.9 Å².